The third-order valence-corrected chi connectivity index (χ3v) is 9.70. The highest BCUT2D eigenvalue weighted by atomic mass is 35.5. The van der Waals surface area contributed by atoms with Crippen molar-refractivity contribution in [2.75, 3.05) is 49.2 Å². The predicted octanol–water partition coefficient (Wildman–Crippen LogP) is 5.58. The second kappa shape index (κ2) is 14.2. The van der Waals surface area contributed by atoms with Crippen LogP contribution in [0.15, 0.2) is 90.5 Å². The van der Waals surface area contributed by atoms with E-state index in [1.54, 1.807) is 34.0 Å². The van der Waals surface area contributed by atoms with E-state index in [4.69, 9.17) is 37.4 Å². The van der Waals surface area contributed by atoms with Crippen molar-refractivity contribution >= 4 is 34.6 Å². The van der Waals surface area contributed by atoms with E-state index in [1.165, 1.54) is 11.0 Å². The van der Waals surface area contributed by atoms with Gasteiger partial charge in [0.2, 0.25) is 5.79 Å². The Hall–Kier alpha value is -4.36. The molecule has 14 heteroatoms. The topological polar surface area (TPSA) is 105 Å². The van der Waals surface area contributed by atoms with E-state index in [2.05, 4.69) is 49.2 Å². The maximum absolute atomic E-state index is 12.8. The van der Waals surface area contributed by atoms with E-state index in [0.717, 1.165) is 55.4 Å². The van der Waals surface area contributed by atoms with Gasteiger partial charge in [0.15, 0.2) is 0 Å². The number of halogens is 2. The third-order valence-electron chi connectivity index (χ3n) is 9.15. The molecule has 0 amide bonds. The number of rotatable bonds is 11. The van der Waals surface area contributed by atoms with Crippen molar-refractivity contribution in [1.29, 1.82) is 0 Å². The van der Waals surface area contributed by atoms with E-state index in [0.29, 0.717) is 28.8 Å². The Kier molecular flexibility index (Phi) is 9.64. The summed E-state index contributed by atoms with van der Waals surface area (Å²) >= 11 is 12.7. The fourth-order valence-corrected chi connectivity index (χ4v) is 6.79. The van der Waals surface area contributed by atoms with Gasteiger partial charge < -0.3 is 24.0 Å². The lowest BCUT2D eigenvalue weighted by atomic mass is 10.1. The van der Waals surface area contributed by atoms with Crippen LogP contribution >= 0.6 is 23.2 Å². The summed E-state index contributed by atoms with van der Waals surface area (Å²) in [4.78, 5) is 21.6. The Bertz CT molecular complexity index is 1910. The zero-order chi connectivity index (χ0) is 34.0. The third kappa shape index (κ3) is 7.04. The molecule has 0 spiro atoms. The highest BCUT2D eigenvalue weighted by Crippen LogP contribution is 2.40. The van der Waals surface area contributed by atoms with Gasteiger partial charge in [-0.1, -0.05) is 36.2 Å². The second-order valence-electron chi connectivity index (χ2n) is 12.3. The predicted molar refractivity (Wildman–Crippen MR) is 188 cm³/mol. The minimum atomic E-state index is -1.16. The monoisotopic (exact) mass is 704 g/mol. The molecule has 2 aromatic heterocycles. The first-order valence-electron chi connectivity index (χ1n) is 16.4. The first kappa shape index (κ1) is 33.2. The molecule has 3 aromatic carbocycles. The lowest BCUT2D eigenvalue weighted by Gasteiger charge is -2.37. The van der Waals surface area contributed by atoms with Gasteiger partial charge in [0.05, 0.1) is 23.4 Å². The number of anilines is 2. The van der Waals surface area contributed by atoms with E-state index >= 15 is 0 Å². The average Bonchev–Trinajstić information content (AvgIpc) is 3.88. The van der Waals surface area contributed by atoms with Crippen LogP contribution in [0.1, 0.15) is 31.9 Å². The largest absolute Gasteiger partial charge is 0.491 e. The molecule has 0 unspecified atom stereocenters. The van der Waals surface area contributed by atoms with Gasteiger partial charge >= 0.3 is 5.69 Å². The molecule has 0 radical (unpaired) electrons. The first-order chi connectivity index (χ1) is 23.8. The molecule has 2 saturated heterocycles. The standard InChI is InChI=1S/C35H38Cl2N8O4/c1-3-25(2)45-34(46)44(24-40-45)29-7-5-27(6-8-29)41-14-16-42(17-15-41)28-9-11-30(12-10-28)47-19-31-20-48-35(49-31,21-43-23-38-22-39-43)32-13-4-26(36)18-33(32)37/h4-13,18,22-25,31H,3,14-17,19-21H2,1-2H3/t25-,31-,35+/m1/s1. The fourth-order valence-electron chi connectivity index (χ4n) is 6.24. The molecule has 2 aliphatic rings. The van der Waals surface area contributed by atoms with Crippen molar-refractivity contribution in [3.8, 4) is 11.4 Å². The summed E-state index contributed by atoms with van der Waals surface area (Å²) < 4.78 is 23.7. The smallest absolute Gasteiger partial charge is 0.350 e. The van der Waals surface area contributed by atoms with Crippen LogP contribution < -0.4 is 20.2 Å². The lowest BCUT2D eigenvalue weighted by Crippen LogP contribution is -2.46. The van der Waals surface area contributed by atoms with Crippen molar-refractivity contribution in [1.82, 2.24) is 29.1 Å². The number of hydrogen-bond donors (Lipinski definition) is 0. The Labute approximate surface area is 294 Å². The normalized spacial score (nSPS) is 20.1. The highest BCUT2D eigenvalue weighted by molar-refractivity contribution is 6.35. The van der Waals surface area contributed by atoms with Crippen molar-refractivity contribution in [2.24, 2.45) is 0 Å². The van der Waals surface area contributed by atoms with Gasteiger partial charge in [-0.25, -0.2) is 23.7 Å². The molecule has 0 saturated carbocycles. The SMILES string of the molecule is CC[C@@H](C)n1ncn(-c2ccc(N3CCN(c4ccc(OC[C@@H]5CO[C@](Cn6cncn6)(c6ccc(Cl)cc6Cl)O5)cc4)CC3)cc2)c1=O. The van der Waals surface area contributed by atoms with Gasteiger partial charge in [0.25, 0.3) is 0 Å². The zero-order valence-corrected chi connectivity index (χ0v) is 28.9. The Morgan fingerprint density at radius 3 is 2.22 bits per heavy atom. The summed E-state index contributed by atoms with van der Waals surface area (Å²) in [5.74, 6) is -0.410. The summed E-state index contributed by atoms with van der Waals surface area (Å²) in [6.45, 7) is 8.48. The van der Waals surface area contributed by atoms with Crippen LogP contribution in [0.5, 0.6) is 5.75 Å². The van der Waals surface area contributed by atoms with Crippen LogP contribution in [0.2, 0.25) is 10.0 Å². The van der Waals surface area contributed by atoms with Gasteiger partial charge in [-0.05, 0) is 74.0 Å². The van der Waals surface area contributed by atoms with Gasteiger partial charge in [-0.15, -0.1) is 0 Å². The van der Waals surface area contributed by atoms with Crippen molar-refractivity contribution < 1.29 is 14.2 Å². The van der Waals surface area contributed by atoms with Crippen LogP contribution in [0, 0.1) is 0 Å². The lowest BCUT2D eigenvalue weighted by molar-refractivity contribution is -0.190. The zero-order valence-electron chi connectivity index (χ0n) is 27.4. The molecule has 7 rings (SSSR count). The molecular formula is C35H38Cl2N8O4. The number of piperazine rings is 1. The number of aromatic nitrogens is 6. The van der Waals surface area contributed by atoms with Crippen molar-refractivity contribution in [2.45, 2.75) is 44.7 Å². The number of ether oxygens (including phenoxy) is 3. The van der Waals surface area contributed by atoms with E-state index in [1.807, 2.05) is 44.2 Å². The van der Waals surface area contributed by atoms with Crippen LogP contribution in [-0.4, -0.2) is 74.6 Å². The Morgan fingerprint density at radius 2 is 1.59 bits per heavy atom. The van der Waals surface area contributed by atoms with Crippen LogP contribution in [-0.2, 0) is 21.8 Å². The summed E-state index contributed by atoms with van der Waals surface area (Å²) in [5, 5.41) is 9.50. The highest BCUT2D eigenvalue weighted by Gasteiger charge is 2.45. The number of nitrogens with zero attached hydrogens (tertiary/aromatic N) is 8. The molecule has 256 valence electrons. The van der Waals surface area contributed by atoms with Crippen LogP contribution in [0.3, 0.4) is 0 Å². The summed E-state index contributed by atoms with van der Waals surface area (Å²) in [6.07, 6.45) is 5.19. The minimum absolute atomic E-state index is 0.0645. The Morgan fingerprint density at radius 1 is 0.918 bits per heavy atom. The molecule has 5 aromatic rings. The van der Waals surface area contributed by atoms with Gasteiger partial charge in [-0.2, -0.15) is 10.2 Å². The summed E-state index contributed by atoms with van der Waals surface area (Å²) in [6, 6.07) is 21.6. The van der Waals surface area contributed by atoms with Crippen molar-refractivity contribution in [3.05, 3.63) is 112 Å². The van der Waals surface area contributed by atoms with Gasteiger partial charge in [0.1, 0.15) is 44.0 Å². The van der Waals surface area contributed by atoms with E-state index in [9.17, 15) is 4.79 Å². The fraction of sp³-hybridized carbons (Fsp3) is 0.371. The molecule has 2 aliphatic heterocycles. The molecule has 2 fully saturated rings. The minimum Gasteiger partial charge on any atom is -0.491 e. The maximum atomic E-state index is 12.8. The maximum Gasteiger partial charge on any atom is 0.350 e. The Balaban J connectivity index is 0.925. The molecule has 4 heterocycles. The van der Waals surface area contributed by atoms with Crippen molar-refractivity contribution in [3.63, 3.8) is 0 Å². The van der Waals surface area contributed by atoms with Crippen LogP contribution in [0.25, 0.3) is 5.69 Å². The average molecular weight is 706 g/mol. The van der Waals surface area contributed by atoms with Gasteiger partial charge in [-0.3, -0.25) is 0 Å². The molecule has 12 nitrogen and oxygen atoms in total. The number of benzene rings is 3. The molecule has 49 heavy (non-hydrogen) atoms. The molecule has 0 N–H and O–H groups in total. The first-order valence-corrected chi connectivity index (χ1v) is 17.2. The quantitative estimate of drug-likeness (QED) is 0.174. The second-order valence-corrected chi connectivity index (χ2v) is 13.1. The van der Waals surface area contributed by atoms with E-state index in [-0.39, 0.29) is 24.4 Å². The van der Waals surface area contributed by atoms with E-state index < -0.39 is 5.79 Å². The molecule has 3 atom stereocenters. The molecular weight excluding hydrogens is 667 g/mol. The van der Waals surface area contributed by atoms with Gasteiger partial charge in [0, 0.05) is 48.1 Å². The summed E-state index contributed by atoms with van der Waals surface area (Å²) in [7, 11) is 0. The number of hydrogen-bond acceptors (Lipinski definition) is 9. The molecule has 0 bridgehead atoms. The molecule has 0 aliphatic carbocycles. The van der Waals surface area contributed by atoms with Crippen LogP contribution in [0.4, 0.5) is 11.4 Å². The summed E-state index contributed by atoms with van der Waals surface area (Å²) in [5.41, 5.74) is 3.64.